The van der Waals surface area contributed by atoms with Crippen LogP contribution in [0, 0.1) is 5.82 Å². The van der Waals surface area contributed by atoms with Crippen molar-refractivity contribution in [2.45, 2.75) is 51.2 Å². The number of benzene rings is 1. The summed E-state index contributed by atoms with van der Waals surface area (Å²) in [6.45, 7) is 3.85. The van der Waals surface area contributed by atoms with Gasteiger partial charge in [-0.3, -0.25) is 0 Å². The molecule has 1 heterocycles. The Hall–Kier alpha value is -0.960. The smallest absolute Gasteiger partial charge is 0.133 e. The number of nitrogens with one attached hydrogen (secondary N) is 1. The minimum atomic E-state index is -1.63. The molecule has 1 nitrogen and oxygen atoms in total. The van der Waals surface area contributed by atoms with Crippen LogP contribution in [0.15, 0.2) is 18.2 Å². The fraction of sp³-hybridized carbons (Fsp3) is 0.600. The van der Waals surface area contributed by atoms with Gasteiger partial charge in [-0.1, -0.05) is 18.6 Å². The number of alkyl halides is 1. The Balaban J connectivity index is 2.24. The molecule has 0 radical (unpaired) electrons. The molecule has 18 heavy (non-hydrogen) atoms. The van der Waals surface area contributed by atoms with E-state index in [0.29, 0.717) is 12.5 Å². The van der Waals surface area contributed by atoms with Crippen LogP contribution in [-0.2, 0) is 12.1 Å². The van der Waals surface area contributed by atoms with Crippen LogP contribution in [0.25, 0.3) is 0 Å². The molecule has 1 fully saturated rings. The molecule has 0 spiro atoms. The van der Waals surface area contributed by atoms with E-state index in [0.717, 1.165) is 18.5 Å². The number of halogens is 2. The molecule has 0 saturated carbocycles. The van der Waals surface area contributed by atoms with Crippen molar-refractivity contribution < 1.29 is 8.78 Å². The van der Waals surface area contributed by atoms with E-state index in [1.807, 2.05) is 6.07 Å². The van der Waals surface area contributed by atoms with E-state index in [1.54, 1.807) is 6.07 Å². The Kier molecular flexibility index (Phi) is 4.00. The second-order valence-electron chi connectivity index (χ2n) is 5.60. The van der Waals surface area contributed by atoms with Gasteiger partial charge in [0.15, 0.2) is 0 Å². The largest absolute Gasteiger partial charge is 0.314 e. The molecule has 1 aromatic carbocycles. The van der Waals surface area contributed by atoms with Gasteiger partial charge in [0.25, 0.3) is 0 Å². The van der Waals surface area contributed by atoms with Crippen molar-refractivity contribution in [1.82, 2.24) is 5.32 Å². The van der Waals surface area contributed by atoms with E-state index in [-0.39, 0.29) is 5.56 Å². The summed E-state index contributed by atoms with van der Waals surface area (Å²) in [5.41, 5.74) is -0.616. The lowest BCUT2D eigenvalue weighted by molar-refractivity contribution is 0.211. The minimum absolute atomic E-state index is 0.220. The van der Waals surface area contributed by atoms with Gasteiger partial charge < -0.3 is 5.32 Å². The first-order chi connectivity index (χ1) is 8.48. The minimum Gasteiger partial charge on any atom is -0.314 e. The fourth-order valence-corrected chi connectivity index (χ4v) is 2.77. The summed E-state index contributed by atoms with van der Waals surface area (Å²) in [4.78, 5) is 0. The zero-order valence-electron chi connectivity index (χ0n) is 11.1. The molecule has 1 aromatic rings. The molecule has 1 atom stereocenters. The van der Waals surface area contributed by atoms with Gasteiger partial charge in [0.2, 0.25) is 0 Å². The second-order valence-corrected chi connectivity index (χ2v) is 5.60. The van der Waals surface area contributed by atoms with Crippen molar-refractivity contribution in [3.05, 3.63) is 35.1 Å². The van der Waals surface area contributed by atoms with Crippen LogP contribution in [0.2, 0.25) is 0 Å². The maximum atomic E-state index is 14.1. The van der Waals surface area contributed by atoms with E-state index in [2.05, 4.69) is 5.32 Å². The third kappa shape index (κ3) is 3.08. The highest BCUT2D eigenvalue weighted by molar-refractivity contribution is 5.33. The zero-order chi connectivity index (χ0) is 13.2. The number of hydrogen-bond donors (Lipinski definition) is 1. The summed E-state index contributed by atoms with van der Waals surface area (Å²) in [6.07, 6.45) is 4.19. The van der Waals surface area contributed by atoms with Crippen molar-refractivity contribution in [2.75, 3.05) is 6.54 Å². The Bertz CT molecular complexity index is 403. The van der Waals surface area contributed by atoms with Gasteiger partial charge in [-0.05, 0) is 51.3 Å². The maximum absolute atomic E-state index is 14.1. The molecule has 3 heteroatoms. The standard InChI is InChI=1S/C15H21F2N/c1-15(2,17)14-11(6-5-8-13(14)16)10-12-7-3-4-9-18-12/h5-6,8,12,18H,3-4,7,9-10H2,1-2H3. The highest BCUT2D eigenvalue weighted by Crippen LogP contribution is 2.31. The van der Waals surface area contributed by atoms with Crippen molar-refractivity contribution in [2.24, 2.45) is 0 Å². The monoisotopic (exact) mass is 253 g/mol. The predicted octanol–water partition coefficient (Wildman–Crippen LogP) is 3.71. The van der Waals surface area contributed by atoms with Crippen LogP contribution in [-0.4, -0.2) is 12.6 Å². The Labute approximate surface area is 108 Å². The number of rotatable bonds is 3. The van der Waals surface area contributed by atoms with Crippen LogP contribution in [0.3, 0.4) is 0 Å². The van der Waals surface area contributed by atoms with Crippen LogP contribution in [0.5, 0.6) is 0 Å². The molecule has 1 saturated heterocycles. The maximum Gasteiger partial charge on any atom is 0.133 e. The molecule has 2 rings (SSSR count). The molecule has 0 bridgehead atoms. The van der Waals surface area contributed by atoms with Gasteiger partial charge in [0.1, 0.15) is 11.5 Å². The molecule has 0 aliphatic carbocycles. The highest BCUT2D eigenvalue weighted by atomic mass is 19.1. The van der Waals surface area contributed by atoms with Crippen LogP contribution >= 0.6 is 0 Å². The number of hydrogen-bond acceptors (Lipinski definition) is 1. The molecular weight excluding hydrogens is 232 g/mol. The third-order valence-electron chi connectivity index (χ3n) is 3.57. The van der Waals surface area contributed by atoms with E-state index < -0.39 is 11.5 Å². The van der Waals surface area contributed by atoms with Gasteiger partial charge >= 0.3 is 0 Å². The van der Waals surface area contributed by atoms with Crippen LogP contribution < -0.4 is 5.32 Å². The first-order valence-electron chi connectivity index (χ1n) is 6.68. The molecular formula is C15H21F2N. The van der Waals surface area contributed by atoms with Gasteiger partial charge in [0.05, 0.1) is 0 Å². The molecule has 0 amide bonds. The average molecular weight is 253 g/mol. The third-order valence-corrected chi connectivity index (χ3v) is 3.57. The SMILES string of the molecule is CC(C)(F)c1c(F)cccc1CC1CCCCN1. The fourth-order valence-electron chi connectivity index (χ4n) is 2.77. The van der Waals surface area contributed by atoms with Crippen molar-refractivity contribution in [1.29, 1.82) is 0 Å². The van der Waals surface area contributed by atoms with Gasteiger partial charge in [-0.2, -0.15) is 0 Å². The number of piperidine rings is 1. The van der Waals surface area contributed by atoms with Crippen LogP contribution in [0.1, 0.15) is 44.2 Å². The van der Waals surface area contributed by atoms with E-state index in [4.69, 9.17) is 0 Å². The summed E-state index contributed by atoms with van der Waals surface area (Å²) >= 11 is 0. The normalized spacial score (nSPS) is 21.0. The topological polar surface area (TPSA) is 12.0 Å². The highest BCUT2D eigenvalue weighted by Gasteiger charge is 2.27. The molecule has 1 aliphatic heterocycles. The summed E-state index contributed by atoms with van der Waals surface area (Å²) < 4.78 is 28.0. The zero-order valence-corrected chi connectivity index (χ0v) is 11.1. The average Bonchev–Trinajstić information content (AvgIpc) is 2.28. The first kappa shape index (κ1) is 13.5. The van der Waals surface area contributed by atoms with Gasteiger partial charge in [-0.15, -0.1) is 0 Å². The summed E-state index contributed by atoms with van der Waals surface area (Å²) in [7, 11) is 0. The second kappa shape index (κ2) is 5.35. The summed E-state index contributed by atoms with van der Waals surface area (Å²) in [6, 6.07) is 5.20. The van der Waals surface area contributed by atoms with Crippen molar-refractivity contribution in [3.63, 3.8) is 0 Å². The molecule has 1 unspecified atom stereocenters. The quantitative estimate of drug-likeness (QED) is 0.865. The van der Waals surface area contributed by atoms with E-state index in [9.17, 15) is 8.78 Å². The Morgan fingerprint density at radius 2 is 2.11 bits per heavy atom. The van der Waals surface area contributed by atoms with Gasteiger partial charge in [-0.25, -0.2) is 8.78 Å². The predicted molar refractivity (Wildman–Crippen MR) is 69.9 cm³/mol. The van der Waals surface area contributed by atoms with E-state index >= 15 is 0 Å². The summed E-state index contributed by atoms with van der Waals surface area (Å²) in [5.74, 6) is -0.434. The van der Waals surface area contributed by atoms with Crippen LogP contribution in [0.4, 0.5) is 8.78 Å². The molecule has 100 valence electrons. The lowest BCUT2D eigenvalue weighted by Gasteiger charge is -2.26. The summed E-state index contributed by atoms with van der Waals surface area (Å²) in [5, 5.41) is 3.42. The Morgan fingerprint density at radius 1 is 1.33 bits per heavy atom. The van der Waals surface area contributed by atoms with Crippen molar-refractivity contribution in [3.8, 4) is 0 Å². The van der Waals surface area contributed by atoms with Crippen molar-refractivity contribution >= 4 is 0 Å². The Morgan fingerprint density at radius 3 is 2.72 bits per heavy atom. The first-order valence-corrected chi connectivity index (χ1v) is 6.68. The molecule has 0 aromatic heterocycles. The lowest BCUT2D eigenvalue weighted by Crippen LogP contribution is -2.36. The van der Waals surface area contributed by atoms with Gasteiger partial charge in [0, 0.05) is 11.6 Å². The molecule has 1 aliphatic rings. The molecule has 1 N–H and O–H groups in total. The lowest BCUT2D eigenvalue weighted by atomic mass is 9.89. The van der Waals surface area contributed by atoms with E-state index in [1.165, 1.54) is 32.8 Å².